The normalized spacial score (nSPS) is 10.7. The number of benzene rings is 2. The summed E-state index contributed by atoms with van der Waals surface area (Å²) in [6.07, 6.45) is 0.328. The molecule has 1 amide bonds. The summed E-state index contributed by atoms with van der Waals surface area (Å²) in [5.74, 6) is -1.77. The third kappa shape index (κ3) is 4.06. The molecule has 25 heavy (non-hydrogen) atoms. The van der Waals surface area contributed by atoms with Crippen molar-refractivity contribution in [3.05, 3.63) is 71.1 Å². The topological polar surface area (TPSA) is 68.0 Å². The SMILES string of the molecule is Cc1cccc(-c2nnc(CCNC(=O)c3ccc(F)c(F)c3)o2)c1. The molecule has 5 nitrogen and oxygen atoms in total. The van der Waals surface area contributed by atoms with Crippen molar-refractivity contribution in [2.75, 3.05) is 6.54 Å². The molecule has 1 heterocycles. The smallest absolute Gasteiger partial charge is 0.251 e. The van der Waals surface area contributed by atoms with Crippen LogP contribution in [-0.2, 0) is 6.42 Å². The van der Waals surface area contributed by atoms with Gasteiger partial charge >= 0.3 is 0 Å². The van der Waals surface area contributed by atoms with E-state index in [1.54, 1.807) is 0 Å². The molecule has 0 saturated carbocycles. The summed E-state index contributed by atoms with van der Waals surface area (Å²) in [4.78, 5) is 11.9. The molecule has 0 unspecified atom stereocenters. The van der Waals surface area contributed by atoms with Gasteiger partial charge in [0.05, 0.1) is 0 Å². The van der Waals surface area contributed by atoms with Crippen molar-refractivity contribution in [3.63, 3.8) is 0 Å². The molecule has 3 rings (SSSR count). The van der Waals surface area contributed by atoms with Crippen molar-refractivity contribution in [2.24, 2.45) is 0 Å². The monoisotopic (exact) mass is 343 g/mol. The summed E-state index contributed by atoms with van der Waals surface area (Å²) in [5, 5.41) is 10.5. The third-order valence-corrected chi connectivity index (χ3v) is 3.54. The van der Waals surface area contributed by atoms with E-state index in [9.17, 15) is 13.6 Å². The van der Waals surface area contributed by atoms with Gasteiger partial charge in [-0.25, -0.2) is 8.78 Å². The van der Waals surface area contributed by atoms with Crippen LogP contribution < -0.4 is 5.32 Å². The van der Waals surface area contributed by atoms with Crippen LogP contribution in [0.2, 0.25) is 0 Å². The maximum absolute atomic E-state index is 13.1. The lowest BCUT2D eigenvalue weighted by Crippen LogP contribution is -2.25. The third-order valence-electron chi connectivity index (χ3n) is 3.54. The fourth-order valence-corrected chi connectivity index (χ4v) is 2.27. The molecule has 2 aromatic carbocycles. The molecule has 0 aliphatic rings. The summed E-state index contributed by atoms with van der Waals surface area (Å²) in [5.41, 5.74) is 1.95. The van der Waals surface area contributed by atoms with Crippen LogP contribution in [0.4, 0.5) is 8.78 Å². The van der Waals surface area contributed by atoms with Crippen LogP contribution in [0.3, 0.4) is 0 Å². The minimum Gasteiger partial charge on any atom is -0.421 e. The summed E-state index contributed by atoms with van der Waals surface area (Å²) in [6, 6.07) is 10.7. The summed E-state index contributed by atoms with van der Waals surface area (Å²) < 4.78 is 31.6. The Hall–Kier alpha value is -3.09. The highest BCUT2D eigenvalue weighted by Gasteiger charge is 2.11. The highest BCUT2D eigenvalue weighted by molar-refractivity contribution is 5.94. The number of hydrogen-bond acceptors (Lipinski definition) is 4. The largest absolute Gasteiger partial charge is 0.421 e. The van der Waals surface area contributed by atoms with Gasteiger partial charge in [-0.15, -0.1) is 10.2 Å². The number of aryl methyl sites for hydroxylation is 1. The minimum atomic E-state index is -1.06. The second-order valence-corrected chi connectivity index (χ2v) is 5.51. The van der Waals surface area contributed by atoms with Crippen molar-refractivity contribution in [2.45, 2.75) is 13.3 Å². The van der Waals surface area contributed by atoms with Crippen LogP contribution in [0, 0.1) is 18.6 Å². The molecular weight excluding hydrogens is 328 g/mol. The number of hydrogen-bond donors (Lipinski definition) is 1. The fourth-order valence-electron chi connectivity index (χ4n) is 2.27. The predicted octanol–water partition coefficient (Wildman–Crippen LogP) is 3.30. The Labute approximate surface area is 142 Å². The molecule has 0 saturated heterocycles. The van der Waals surface area contributed by atoms with Crippen LogP contribution >= 0.6 is 0 Å². The number of carbonyl (C=O) groups is 1. The lowest BCUT2D eigenvalue weighted by Gasteiger charge is -2.04. The molecule has 0 fully saturated rings. The Balaban J connectivity index is 1.57. The molecule has 0 atom stereocenters. The van der Waals surface area contributed by atoms with Crippen molar-refractivity contribution >= 4 is 5.91 Å². The molecular formula is C18H15F2N3O2. The molecule has 0 aliphatic heterocycles. The standard InChI is InChI=1S/C18H15F2N3O2/c1-11-3-2-4-13(9-11)18-23-22-16(25-18)7-8-21-17(24)12-5-6-14(19)15(20)10-12/h2-6,9-10H,7-8H2,1H3,(H,21,24). The molecule has 7 heteroatoms. The average Bonchev–Trinajstić information content (AvgIpc) is 3.06. The number of aromatic nitrogens is 2. The molecule has 1 aromatic heterocycles. The Kier molecular flexibility index (Phi) is 4.83. The van der Waals surface area contributed by atoms with Gasteiger partial charge < -0.3 is 9.73 Å². The van der Waals surface area contributed by atoms with E-state index in [2.05, 4.69) is 15.5 Å². The zero-order chi connectivity index (χ0) is 17.8. The van der Waals surface area contributed by atoms with Gasteiger partial charge in [-0.3, -0.25) is 4.79 Å². The first-order valence-electron chi connectivity index (χ1n) is 7.65. The van der Waals surface area contributed by atoms with Crippen molar-refractivity contribution in [3.8, 4) is 11.5 Å². The van der Waals surface area contributed by atoms with E-state index in [1.165, 1.54) is 6.07 Å². The number of rotatable bonds is 5. The lowest BCUT2D eigenvalue weighted by molar-refractivity contribution is 0.0953. The van der Waals surface area contributed by atoms with Crippen LogP contribution in [0.1, 0.15) is 21.8 Å². The quantitative estimate of drug-likeness (QED) is 0.772. The number of halogens is 2. The summed E-state index contributed by atoms with van der Waals surface area (Å²) in [7, 11) is 0. The van der Waals surface area contributed by atoms with E-state index in [-0.39, 0.29) is 12.1 Å². The Morgan fingerprint density at radius 1 is 1.12 bits per heavy atom. The maximum Gasteiger partial charge on any atom is 0.251 e. The molecule has 0 radical (unpaired) electrons. The second-order valence-electron chi connectivity index (χ2n) is 5.51. The number of amides is 1. The number of carbonyl (C=O) groups excluding carboxylic acids is 1. The van der Waals surface area contributed by atoms with Gasteiger partial charge in [0.15, 0.2) is 11.6 Å². The van der Waals surface area contributed by atoms with E-state index >= 15 is 0 Å². The first-order valence-corrected chi connectivity index (χ1v) is 7.65. The fraction of sp³-hybridized carbons (Fsp3) is 0.167. The van der Waals surface area contributed by atoms with Gasteiger partial charge in [0, 0.05) is 24.1 Å². The number of nitrogens with one attached hydrogen (secondary N) is 1. The van der Waals surface area contributed by atoms with Crippen LogP contribution in [0.25, 0.3) is 11.5 Å². The van der Waals surface area contributed by atoms with Crippen molar-refractivity contribution in [1.82, 2.24) is 15.5 Å². The molecule has 0 spiro atoms. The summed E-state index contributed by atoms with van der Waals surface area (Å²) in [6.45, 7) is 2.20. The molecule has 0 bridgehead atoms. The van der Waals surface area contributed by atoms with Gasteiger partial charge in [0.2, 0.25) is 11.8 Å². The van der Waals surface area contributed by atoms with Crippen molar-refractivity contribution < 1.29 is 18.0 Å². The predicted molar refractivity (Wildman–Crippen MR) is 86.9 cm³/mol. The van der Waals surface area contributed by atoms with E-state index in [0.29, 0.717) is 18.2 Å². The molecule has 3 aromatic rings. The van der Waals surface area contributed by atoms with E-state index in [0.717, 1.165) is 23.3 Å². The van der Waals surface area contributed by atoms with Crippen LogP contribution in [0.15, 0.2) is 46.9 Å². The highest BCUT2D eigenvalue weighted by Crippen LogP contribution is 2.18. The Bertz CT molecular complexity index is 909. The molecule has 1 N–H and O–H groups in total. The van der Waals surface area contributed by atoms with Gasteiger partial charge in [-0.05, 0) is 37.3 Å². The lowest BCUT2D eigenvalue weighted by atomic mass is 10.1. The van der Waals surface area contributed by atoms with Crippen LogP contribution in [-0.4, -0.2) is 22.6 Å². The van der Waals surface area contributed by atoms with Crippen LogP contribution in [0.5, 0.6) is 0 Å². The summed E-state index contributed by atoms with van der Waals surface area (Å²) >= 11 is 0. The minimum absolute atomic E-state index is 0.0462. The first kappa shape index (κ1) is 16.8. The van der Waals surface area contributed by atoms with Crippen molar-refractivity contribution in [1.29, 1.82) is 0 Å². The second kappa shape index (κ2) is 7.21. The zero-order valence-electron chi connectivity index (χ0n) is 13.4. The molecule has 128 valence electrons. The first-order chi connectivity index (χ1) is 12.0. The van der Waals surface area contributed by atoms with Gasteiger partial charge in [-0.1, -0.05) is 17.7 Å². The van der Waals surface area contributed by atoms with Gasteiger partial charge in [-0.2, -0.15) is 0 Å². The average molecular weight is 343 g/mol. The van der Waals surface area contributed by atoms with Gasteiger partial charge in [0.25, 0.3) is 5.91 Å². The number of nitrogens with zero attached hydrogens (tertiary/aromatic N) is 2. The van der Waals surface area contributed by atoms with E-state index in [4.69, 9.17) is 4.42 Å². The van der Waals surface area contributed by atoms with E-state index in [1.807, 2.05) is 31.2 Å². The Morgan fingerprint density at radius 2 is 1.96 bits per heavy atom. The zero-order valence-corrected chi connectivity index (χ0v) is 13.4. The Morgan fingerprint density at radius 3 is 2.72 bits per heavy atom. The molecule has 0 aliphatic carbocycles. The highest BCUT2D eigenvalue weighted by atomic mass is 19.2. The van der Waals surface area contributed by atoms with E-state index < -0.39 is 17.5 Å². The maximum atomic E-state index is 13.1. The van der Waals surface area contributed by atoms with Gasteiger partial charge in [0.1, 0.15) is 0 Å².